The van der Waals surface area contributed by atoms with Crippen LogP contribution in [0.25, 0.3) is 0 Å². The molecule has 0 atom stereocenters. The number of H-pyrrole nitrogens is 1. The van der Waals surface area contributed by atoms with Crippen LogP contribution in [0.4, 0.5) is 4.70 Å². The van der Waals surface area contributed by atoms with Gasteiger partial charge in [-0.05, 0) is 10.4 Å². The minimum atomic E-state index is 0. The molecule has 0 aromatic carbocycles. The summed E-state index contributed by atoms with van der Waals surface area (Å²) < 4.78 is 0. The van der Waals surface area contributed by atoms with Gasteiger partial charge >= 0.3 is 0 Å². The van der Waals surface area contributed by atoms with Gasteiger partial charge in [0, 0.05) is 21.5 Å². The van der Waals surface area contributed by atoms with Crippen LogP contribution in [0.1, 0.15) is 0 Å². The van der Waals surface area contributed by atoms with Crippen molar-refractivity contribution in [3.63, 3.8) is 0 Å². The summed E-state index contributed by atoms with van der Waals surface area (Å²) >= 11 is 0. The molecule has 0 aliphatic rings. The Labute approximate surface area is 49.3 Å². The minimum absolute atomic E-state index is 0. The molecule has 1 aromatic heterocycles. The maximum Gasteiger partial charge on any atom is 0.135 e. The normalized spacial score (nSPS) is 5.71. The van der Waals surface area contributed by atoms with E-state index in [0.717, 1.165) is 0 Å². The quantitative estimate of drug-likeness (QED) is 0.545. The third-order valence-electron chi connectivity index (χ3n) is 0.270. The van der Waals surface area contributed by atoms with E-state index in [9.17, 15) is 0 Å². The Morgan fingerprint density at radius 3 is 2.29 bits per heavy atom. The summed E-state index contributed by atoms with van der Waals surface area (Å²) in [6, 6.07) is 0. The second kappa shape index (κ2) is 5.51. The van der Waals surface area contributed by atoms with Gasteiger partial charge in [0.05, 0.1) is 0 Å². The van der Waals surface area contributed by atoms with E-state index < -0.39 is 0 Å². The summed E-state index contributed by atoms with van der Waals surface area (Å²) in [5, 5.41) is 12.1. The third-order valence-corrected chi connectivity index (χ3v) is 0.270. The van der Waals surface area contributed by atoms with Crippen LogP contribution in [0.2, 0.25) is 0 Å². The molecule has 0 aliphatic heterocycles. The average Bonchev–Trinajstić information content (AvgIpc) is 1.76. The molecular formula is CH2CoFN4. The zero-order valence-electron chi connectivity index (χ0n) is 3.13. The van der Waals surface area contributed by atoms with E-state index in [1.165, 1.54) is 6.33 Å². The second-order valence-electron chi connectivity index (χ2n) is 0.563. The SMILES string of the molecule is [Co].[F].c1nnn[nH]1. The zero-order valence-corrected chi connectivity index (χ0v) is 4.17. The first kappa shape index (κ1) is 9.71. The molecule has 0 saturated carbocycles. The summed E-state index contributed by atoms with van der Waals surface area (Å²) in [7, 11) is 0. The van der Waals surface area contributed by atoms with Crippen molar-refractivity contribution in [2.75, 3.05) is 0 Å². The first-order valence-electron chi connectivity index (χ1n) is 1.17. The largest absolute Gasteiger partial charge is 0.246 e. The first-order chi connectivity index (χ1) is 2.50. The Balaban J connectivity index is 0. The molecule has 1 N–H and O–H groups in total. The van der Waals surface area contributed by atoms with E-state index in [4.69, 9.17) is 0 Å². The number of aromatic amines is 1. The monoisotopic (exact) mass is 148 g/mol. The van der Waals surface area contributed by atoms with Gasteiger partial charge in [-0.25, -0.2) is 5.10 Å². The Morgan fingerprint density at radius 1 is 1.43 bits per heavy atom. The molecular weight excluding hydrogens is 146 g/mol. The molecule has 7 heavy (non-hydrogen) atoms. The first-order valence-corrected chi connectivity index (χ1v) is 1.17. The van der Waals surface area contributed by atoms with Crippen molar-refractivity contribution in [3.05, 3.63) is 6.33 Å². The van der Waals surface area contributed by atoms with Crippen LogP contribution in [0.3, 0.4) is 0 Å². The van der Waals surface area contributed by atoms with Crippen LogP contribution >= 0.6 is 0 Å². The number of hydrogen-bond acceptors (Lipinski definition) is 3. The van der Waals surface area contributed by atoms with Crippen molar-refractivity contribution >= 4 is 0 Å². The number of tetrazole rings is 1. The van der Waals surface area contributed by atoms with Gasteiger partial charge in [-0.3, -0.25) is 0 Å². The fraction of sp³-hybridized carbons (Fsp3) is 0. The van der Waals surface area contributed by atoms with Crippen molar-refractivity contribution in [1.82, 2.24) is 20.6 Å². The van der Waals surface area contributed by atoms with E-state index in [1.807, 2.05) is 0 Å². The molecule has 6 heteroatoms. The van der Waals surface area contributed by atoms with Gasteiger partial charge < -0.3 is 0 Å². The van der Waals surface area contributed by atoms with Crippen LogP contribution in [-0.2, 0) is 16.8 Å². The predicted octanol–water partition coefficient (Wildman–Crippen LogP) is -0.383. The fourth-order valence-corrected chi connectivity index (χ4v) is 0.129. The third kappa shape index (κ3) is 3.33. The van der Waals surface area contributed by atoms with E-state index in [2.05, 4.69) is 20.6 Å². The molecule has 0 aliphatic carbocycles. The summed E-state index contributed by atoms with van der Waals surface area (Å²) in [6.45, 7) is 0. The van der Waals surface area contributed by atoms with Crippen LogP contribution in [0.15, 0.2) is 6.33 Å². The van der Waals surface area contributed by atoms with Gasteiger partial charge in [0.25, 0.3) is 0 Å². The molecule has 1 aromatic rings. The molecule has 0 unspecified atom stereocenters. The molecule has 42 valence electrons. The van der Waals surface area contributed by atoms with E-state index in [0.29, 0.717) is 0 Å². The van der Waals surface area contributed by atoms with Crippen molar-refractivity contribution in [1.29, 1.82) is 0 Å². The molecule has 0 bridgehead atoms. The van der Waals surface area contributed by atoms with Crippen molar-refractivity contribution < 1.29 is 21.5 Å². The number of aromatic nitrogens is 4. The van der Waals surface area contributed by atoms with Crippen LogP contribution in [-0.4, -0.2) is 20.6 Å². The molecule has 0 saturated heterocycles. The maximum atomic E-state index is 3.31. The molecule has 4 nitrogen and oxygen atoms in total. The summed E-state index contributed by atoms with van der Waals surface area (Å²) in [4.78, 5) is 0. The average molecular weight is 148 g/mol. The molecule has 1 heterocycles. The number of nitrogens with one attached hydrogen (secondary N) is 1. The van der Waals surface area contributed by atoms with Crippen LogP contribution in [0, 0.1) is 0 Å². The van der Waals surface area contributed by atoms with Crippen molar-refractivity contribution in [3.8, 4) is 0 Å². The standard InChI is InChI=1S/CH2N4.Co.F/c1-2-4-5-3-1;;/h1H,(H,2,3,4,5);;. The molecule has 0 amide bonds. The second-order valence-corrected chi connectivity index (χ2v) is 0.563. The topological polar surface area (TPSA) is 54.5 Å². The van der Waals surface area contributed by atoms with E-state index >= 15 is 0 Å². The predicted molar refractivity (Wildman–Crippen MR) is 15.3 cm³/mol. The Bertz CT molecular complexity index is 68.2. The maximum absolute atomic E-state index is 3.31. The Morgan fingerprint density at radius 2 is 2.14 bits per heavy atom. The Hall–Kier alpha value is -0.494. The smallest absolute Gasteiger partial charge is 0.135 e. The fourth-order valence-electron chi connectivity index (χ4n) is 0.129. The molecule has 0 fully saturated rings. The van der Waals surface area contributed by atoms with Crippen LogP contribution in [0.5, 0.6) is 0 Å². The summed E-state index contributed by atoms with van der Waals surface area (Å²) in [5.74, 6) is 0. The molecule has 1 rings (SSSR count). The van der Waals surface area contributed by atoms with Gasteiger partial charge in [-0.15, -0.1) is 5.10 Å². The number of nitrogens with zero attached hydrogens (tertiary/aromatic N) is 3. The van der Waals surface area contributed by atoms with Gasteiger partial charge in [0.2, 0.25) is 0 Å². The van der Waals surface area contributed by atoms with Crippen molar-refractivity contribution in [2.24, 2.45) is 0 Å². The summed E-state index contributed by atoms with van der Waals surface area (Å²) in [5.41, 5.74) is 0. The van der Waals surface area contributed by atoms with Gasteiger partial charge in [-0.2, -0.15) is 0 Å². The van der Waals surface area contributed by atoms with Crippen molar-refractivity contribution in [2.45, 2.75) is 0 Å². The van der Waals surface area contributed by atoms with Gasteiger partial charge in [0.1, 0.15) is 6.33 Å². The minimum Gasteiger partial charge on any atom is -0.246 e. The van der Waals surface area contributed by atoms with E-state index in [-0.39, 0.29) is 21.5 Å². The number of halogens is 1. The number of rotatable bonds is 0. The Kier molecular flexibility index (Phi) is 7.64. The van der Waals surface area contributed by atoms with Gasteiger partial charge in [-0.1, -0.05) is 0 Å². The van der Waals surface area contributed by atoms with E-state index in [1.54, 1.807) is 0 Å². The zero-order chi connectivity index (χ0) is 3.54. The number of hydrogen-bond donors (Lipinski definition) is 1. The van der Waals surface area contributed by atoms with Crippen LogP contribution < -0.4 is 0 Å². The van der Waals surface area contributed by atoms with Gasteiger partial charge in [0.15, 0.2) is 0 Å². The molecule has 0 spiro atoms. The summed E-state index contributed by atoms with van der Waals surface area (Å²) in [6.07, 6.45) is 1.40. The molecule has 2 radical (unpaired) electrons.